The first-order chi connectivity index (χ1) is 7.66. The summed E-state index contributed by atoms with van der Waals surface area (Å²) in [6, 6.07) is 5.87. The maximum Gasteiger partial charge on any atom is 0.0958 e. The highest BCUT2D eigenvalue weighted by atomic mass is 15.1. The predicted octanol–water partition coefficient (Wildman–Crippen LogP) is 1.57. The van der Waals surface area contributed by atoms with Gasteiger partial charge in [0.2, 0.25) is 0 Å². The van der Waals surface area contributed by atoms with E-state index in [0.29, 0.717) is 0 Å². The van der Waals surface area contributed by atoms with Crippen LogP contribution in [0.25, 0.3) is 11.0 Å². The average Bonchev–Trinajstić information content (AvgIpc) is 2.60. The fraction of sp³-hybridized carbons (Fsp3) is 0.417. The summed E-state index contributed by atoms with van der Waals surface area (Å²) >= 11 is 0. The van der Waals surface area contributed by atoms with E-state index in [1.807, 2.05) is 24.5 Å². The van der Waals surface area contributed by atoms with Crippen LogP contribution in [0.15, 0.2) is 24.5 Å². The standard InChI is InChI=1S/C12H18N4/c1-15(2)6-3-7-16-9-14-11-8-10(13)4-5-12(11)16/h4-5,8-9H,3,6-7,13H2,1-2H3. The maximum atomic E-state index is 5.72. The number of rotatable bonds is 4. The van der Waals surface area contributed by atoms with E-state index in [1.54, 1.807) is 0 Å². The summed E-state index contributed by atoms with van der Waals surface area (Å²) in [5.74, 6) is 0. The fourth-order valence-electron chi connectivity index (χ4n) is 1.82. The number of imidazole rings is 1. The number of hydrogen-bond acceptors (Lipinski definition) is 3. The molecule has 0 amide bonds. The van der Waals surface area contributed by atoms with E-state index in [4.69, 9.17) is 5.73 Å². The summed E-state index contributed by atoms with van der Waals surface area (Å²) < 4.78 is 2.18. The molecule has 0 unspecified atom stereocenters. The molecule has 0 fully saturated rings. The number of nitrogens with zero attached hydrogens (tertiary/aromatic N) is 3. The molecule has 1 heterocycles. The van der Waals surface area contributed by atoms with Gasteiger partial charge in [-0.15, -0.1) is 0 Å². The molecule has 0 saturated heterocycles. The fourth-order valence-corrected chi connectivity index (χ4v) is 1.82. The molecular weight excluding hydrogens is 200 g/mol. The van der Waals surface area contributed by atoms with Crippen LogP contribution in [-0.4, -0.2) is 35.1 Å². The Morgan fingerprint density at radius 3 is 2.94 bits per heavy atom. The molecule has 4 nitrogen and oxygen atoms in total. The molecule has 0 aliphatic carbocycles. The van der Waals surface area contributed by atoms with Gasteiger partial charge < -0.3 is 15.2 Å². The molecule has 0 atom stereocenters. The third-order valence-corrected chi connectivity index (χ3v) is 2.65. The molecule has 2 aromatic rings. The summed E-state index contributed by atoms with van der Waals surface area (Å²) in [6.07, 6.45) is 3.02. The van der Waals surface area contributed by atoms with E-state index in [1.165, 1.54) is 0 Å². The molecule has 0 bridgehead atoms. The van der Waals surface area contributed by atoms with Crippen LogP contribution in [0.1, 0.15) is 6.42 Å². The van der Waals surface area contributed by atoms with Gasteiger partial charge in [-0.05, 0) is 45.3 Å². The van der Waals surface area contributed by atoms with Crippen LogP contribution in [0.3, 0.4) is 0 Å². The van der Waals surface area contributed by atoms with E-state index in [9.17, 15) is 0 Å². The Kier molecular flexibility index (Phi) is 3.10. The van der Waals surface area contributed by atoms with Crippen LogP contribution in [0.4, 0.5) is 5.69 Å². The molecule has 0 saturated carbocycles. The van der Waals surface area contributed by atoms with Gasteiger partial charge in [-0.25, -0.2) is 4.98 Å². The molecule has 0 aliphatic rings. The number of nitrogens with two attached hydrogens (primary N) is 1. The van der Waals surface area contributed by atoms with Gasteiger partial charge >= 0.3 is 0 Å². The van der Waals surface area contributed by atoms with Gasteiger partial charge in [0, 0.05) is 12.2 Å². The molecule has 0 spiro atoms. The molecule has 1 aromatic carbocycles. The van der Waals surface area contributed by atoms with Crippen molar-refractivity contribution in [3.63, 3.8) is 0 Å². The number of aromatic nitrogens is 2. The van der Waals surface area contributed by atoms with Crippen LogP contribution in [0.2, 0.25) is 0 Å². The molecule has 16 heavy (non-hydrogen) atoms. The smallest absolute Gasteiger partial charge is 0.0958 e. The van der Waals surface area contributed by atoms with Gasteiger partial charge in [-0.1, -0.05) is 0 Å². The summed E-state index contributed by atoms with van der Waals surface area (Å²) in [7, 11) is 4.18. The van der Waals surface area contributed by atoms with Crippen LogP contribution < -0.4 is 5.73 Å². The molecule has 0 aliphatic heterocycles. The van der Waals surface area contributed by atoms with Crippen molar-refractivity contribution >= 4 is 16.7 Å². The second kappa shape index (κ2) is 4.53. The minimum atomic E-state index is 0.769. The SMILES string of the molecule is CN(C)CCCn1cnc2cc(N)ccc21. The molecule has 2 N–H and O–H groups in total. The van der Waals surface area contributed by atoms with Crippen molar-refractivity contribution in [2.24, 2.45) is 0 Å². The highest BCUT2D eigenvalue weighted by Crippen LogP contribution is 2.16. The van der Waals surface area contributed by atoms with Crippen LogP contribution in [-0.2, 0) is 6.54 Å². The lowest BCUT2D eigenvalue weighted by atomic mass is 10.3. The van der Waals surface area contributed by atoms with Gasteiger partial charge in [0.15, 0.2) is 0 Å². The predicted molar refractivity (Wildman–Crippen MR) is 67.3 cm³/mol. The van der Waals surface area contributed by atoms with Crippen molar-refractivity contribution in [2.75, 3.05) is 26.4 Å². The zero-order chi connectivity index (χ0) is 11.5. The molecule has 2 rings (SSSR count). The van der Waals surface area contributed by atoms with Gasteiger partial charge in [-0.3, -0.25) is 0 Å². The summed E-state index contributed by atoms with van der Waals surface area (Å²) in [5, 5.41) is 0. The Balaban J connectivity index is 2.13. The normalized spacial score (nSPS) is 11.4. The topological polar surface area (TPSA) is 47.1 Å². The van der Waals surface area contributed by atoms with E-state index in [0.717, 1.165) is 36.2 Å². The quantitative estimate of drug-likeness (QED) is 0.792. The highest BCUT2D eigenvalue weighted by Gasteiger charge is 2.02. The van der Waals surface area contributed by atoms with Gasteiger partial charge in [0.25, 0.3) is 0 Å². The van der Waals surface area contributed by atoms with Crippen molar-refractivity contribution < 1.29 is 0 Å². The third-order valence-electron chi connectivity index (χ3n) is 2.65. The van der Waals surface area contributed by atoms with Crippen LogP contribution >= 0.6 is 0 Å². The molecule has 4 heteroatoms. The lowest BCUT2D eigenvalue weighted by Crippen LogP contribution is -2.14. The second-order valence-corrected chi connectivity index (χ2v) is 4.34. The van der Waals surface area contributed by atoms with Crippen molar-refractivity contribution in [1.29, 1.82) is 0 Å². The van der Waals surface area contributed by atoms with Crippen molar-refractivity contribution in [1.82, 2.24) is 14.5 Å². The zero-order valence-corrected chi connectivity index (χ0v) is 9.85. The minimum absolute atomic E-state index is 0.769. The summed E-state index contributed by atoms with van der Waals surface area (Å²) in [6.45, 7) is 2.09. The lowest BCUT2D eigenvalue weighted by Gasteiger charge is -2.09. The number of nitrogen functional groups attached to an aromatic ring is 1. The first kappa shape index (κ1) is 11.0. The first-order valence-electron chi connectivity index (χ1n) is 5.52. The molecule has 86 valence electrons. The Labute approximate surface area is 95.7 Å². The van der Waals surface area contributed by atoms with Crippen LogP contribution in [0.5, 0.6) is 0 Å². The minimum Gasteiger partial charge on any atom is -0.399 e. The Hall–Kier alpha value is -1.55. The number of benzene rings is 1. The van der Waals surface area contributed by atoms with Crippen LogP contribution in [0, 0.1) is 0 Å². The van der Waals surface area contributed by atoms with Gasteiger partial charge in [0.1, 0.15) is 0 Å². The maximum absolute atomic E-state index is 5.72. The van der Waals surface area contributed by atoms with E-state index < -0.39 is 0 Å². The highest BCUT2D eigenvalue weighted by molar-refractivity contribution is 5.78. The number of hydrogen-bond donors (Lipinski definition) is 1. The first-order valence-corrected chi connectivity index (χ1v) is 5.52. The third kappa shape index (κ3) is 2.33. The van der Waals surface area contributed by atoms with Crippen molar-refractivity contribution in [2.45, 2.75) is 13.0 Å². The van der Waals surface area contributed by atoms with Crippen molar-refractivity contribution in [3.8, 4) is 0 Å². The largest absolute Gasteiger partial charge is 0.399 e. The Bertz CT molecular complexity index is 473. The number of aryl methyl sites for hydroxylation is 1. The second-order valence-electron chi connectivity index (χ2n) is 4.34. The summed E-state index contributed by atoms with van der Waals surface area (Å²) in [5.41, 5.74) is 8.62. The Morgan fingerprint density at radius 1 is 1.38 bits per heavy atom. The number of fused-ring (bicyclic) bond motifs is 1. The number of anilines is 1. The average molecular weight is 218 g/mol. The monoisotopic (exact) mass is 218 g/mol. The van der Waals surface area contributed by atoms with Crippen molar-refractivity contribution in [3.05, 3.63) is 24.5 Å². The lowest BCUT2D eigenvalue weighted by molar-refractivity contribution is 0.387. The molecule has 0 radical (unpaired) electrons. The van der Waals surface area contributed by atoms with E-state index in [-0.39, 0.29) is 0 Å². The molecular formula is C12H18N4. The van der Waals surface area contributed by atoms with Gasteiger partial charge in [-0.2, -0.15) is 0 Å². The zero-order valence-electron chi connectivity index (χ0n) is 9.85. The molecule has 1 aromatic heterocycles. The van der Waals surface area contributed by atoms with E-state index >= 15 is 0 Å². The van der Waals surface area contributed by atoms with E-state index in [2.05, 4.69) is 28.5 Å². The summed E-state index contributed by atoms with van der Waals surface area (Å²) in [4.78, 5) is 6.54. The van der Waals surface area contributed by atoms with Gasteiger partial charge in [0.05, 0.1) is 17.4 Å². The Morgan fingerprint density at radius 2 is 2.19 bits per heavy atom.